The van der Waals surface area contributed by atoms with Gasteiger partial charge in [-0.1, -0.05) is 13.3 Å². The molecule has 4 unspecified atom stereocenters. The van der Waals surface area contributed by atoms with Crippen molar-refractivity contribution in [2.45, 2.75) is 51.8 Å². The Kier molecular flexibility index (Phi) is 5.03. The smallest absolute Gasteiger partial charge is 0.0695 e. The van der Waals surface area contributed by atoms with Crippen LogP contribution in [0, 0.1) is 5.92 Å². The average Bonchev–Trinajstić information content (AvgIpc) is 2.27. The van der Waals surface area contributed by atoms with Crippen LogP contribution in [0.3, 0.4) is 0 Å². The SMILES string of the molecule is CCC1CN(C(C)C(C)OC)CCC1N. The van der Waals surface area contributed by atoms with E-state index in [0.717, 1.165) is 19.5 Å². The zero-order chi connectivity index (χ0) is 11.4. The molecule has 1 aliphatic rings. The normalized spacial score (nSPS) is 32.6. The van der Waals surface area contributed by atoms with Crippen molar-refractivity contribution in [2.24, 2.45) is 11.7 Å². The van der Waals surface area contributed by atoms with Crippen LogP contribution in [0.1, 0.15) is 33.6 Å². The van der Waals surface area contributed by atoms with Gasteiger partial charge in [0.05, 0.1) is 6.10 Å². The van der Waals surface area contributed by atoms with Crippen molar-refractivity contribution in [3.8, 4) is 0 Å². The summed E-state index contributed by atoms with van der Waals surface area (Å²) in [5.41, 5.74) is 6.10. The molecule has 1 aliphatic heterocycles. The second-order valence-corrected chi connectivity index (χ2v) is 4.80. The molecule has 1 fully saturated rings. The van der Waals surface area contributed by atoms with Crippen molar-refractivity contribution >= 4 is 0 Å². The lowest BCUT2D eigenvalue weighted by molar-refractivity contribution is 0.0108. The van der Waals surface area contributed by atoms with Gasteiger partial charge in [0, 0.05) is 32.3 Å². The Bertz CT molecular complexity index is 186. The number of methoxy groups -OCH3 is 1. The van der Waals surface area contributed by atoms with Gasteiger partial charge < -0.3 is 10.5 Å². The van der Waals surface area contributed by atoms with Crippen LogP contribution in [-0.4, -0.2) is 43.3 Å². The number of ether oxygens (including phenoxy) is 1. The summed E-state index contributed by atoms with van der Waals surface area (Å²) in [5, 5.41) is 0. The number of hydrogen-bond donors (Lipinski definition) is 1. The van der Waals surface area contributed by atoms with E-state index in [9.17, 15) is 0 Å². The first-order valence-corrected chi connectivity index (χ1v) is 6.12. The molecule has 1 heterocycles. The fourth-order valence-electron chi connectivity index (χ4n) is 2.37. The predicted molar refractivity (Wildman–Crippen MR) is 63.9 cm³/mol. The summed E-state index contributed by atoms with van der Waals surface area (Å²) in [6, 6.07) is 0.896. The molecule has 0 aromatic rings. The number of piperidine rings is 1. The lowest BCUT2D eigenvalue weighted by atomic mass is 9.89. The van der Waals surface area contributed by atoms with Gasteiger partial charge in [-0.15, -0.1) is 0 Å². The van der Waals surface area contributed by atoms with Crippen molar-refractivity contribution in [3.05, 3.63) is 0 Å². The van der Waals surface area contributed by atoms with E-state index in [0.29, 0.717) is 24.1 Å². The molecule has 1 saturated heterocycles. The maximum atomic E-state index is 6.10. The fraction of sp³-hybridized carbons (Fsp3) is 1.00. The minimum absolute atomic E-state index is 0.303. The third kappa shape index (κ3) is 3.16. The molecule has 3 heteroatoms. The van der Waals surface area contributed by atoms with Crippen molar-refractivity contribution in [3.63, 3.8) is 0 Å². The molecule has 0 aliphatic carbocycles. The molecule has 0 spiro atoms. The molecule has 0 aromatic carbocycles. The van der Waals surface area contributed by atoms with Gasteiger partial charge in [-0.05, 0) is 26.2 Å². The fourth-order valence-corrected chi connectivity index (χ4v) is 2.37. The summed E-state index contributed by atoms with van der Waals surface area (Å²) in [6.45, 7) is 8.87. The predicted octanol–water partition coefficient (Wildman–Crippen LogP) is 1.47. The molecule has 1 rings (SSSR count). The Morgan fingerprint density at radius 2 is 2.13 bits per heavy atom. The van der Waals surface area contributed by atoms with Crippen molar-refractivity contribution in [2.75, 3.05) is 20.2 Å². The van der Waals surface area contributed by atoms with Crippen LogP contribution in [-0.2, 0) is 4.74 Å². The zero-order valence-electron chi connectivity index (χ0n) is 10.6. The largest absolute Gasteiger partial charge is 0.380 e. The van der Waals surface area contributed by atoms with E-state index in [1.54, 1.807) is 7.11 Å². The summed E-state index contributed by atoms with van der Waals surface area (Å²) in [6.07, 6.45) is 2.61. The molecule has 2 N–H and O–H groups in total. The van der Waals surface area contributed by atoms with Crippen LogP contribution in [0.2, 0.25) is 0 Å². The summed E-state index contributed by atoms with van der Waals surface area (Å²) in [5.74, 6) is 0.658. The third-order valence-electron chi connectivity index (χ3n) is 3.98. The van der Waals surface area contributed by atoms with Crippen molar-refractivity contribution in [1.29, 1.82) is 0 Å². The van der Waals surface area contributed by atoms with Crippen LogP contribution in [0.15, 0.2) is 0 Å². The van der Waals surface area contributed by atoms with Gasteiger partial charge in [-0.25, -0.2) is 0 Å². The molecule has 3 nitrogen and oxygen atoms in total. The lowest BCUT2D eigenvalue weighted by Crippen LogP contribution is -2.52. The molecule has 0 aromatic heterocycles. The van der Waals surface area contributed by atoms with Crippen LogP contribution in [0.25, 0.3) is 0 Å². The first-order chi connectivity index (χ1) is 7.10. The van der Waals surface area contributed by atoms with E-state index < -0.39 is 0 Å². The highest BCUT2D eigenvalue weighted by molar-refractivity contribution is 4.85. The number of nitrogens with zero attached hydrogens (tertiary/aromatic N) is 1. The van der Waals surface area contributed by atoms with Crippen molar-refractivity contribution < 1.29 is 4.74 Å². The number of rotatable bonds is 4. The third-order valence-corrected chi connectivity index (χ3v) is 3.98. The van der Waals surface area contributed by atoms with Crippen LogP contribution in [0.5, 0.6) is 0 Å². The van der Waals surface area contributed by atoms with Crippen LogP contribution in [0.4, 0.5) is 0 Å². The molecule has 0 bridgehead atoms. The van der Waals surface area contributed by atoms with E-state index in [2.05, 4.69) is 25.7 Å². The molecule has 90 valence electrons. The maximum absolute atomic E-state index is 6.10. The second-order valence-electron chi connectivity index (χ2n) is 4.80. The summed E-state index contributed by atoms with van der Waals surface area (Å²) >= 11 is 0. The quantitative estimate of drug-likeness (QED) is 0.770. The topological polar surface area (TPSA) is 38.5 Å². The van der Waals surface area contributed by atoms with E-state index in [4.69, 9.17) is 10.5 Å². The van der Waals surface area contributed by atoms with Gasteiger partial charge in [0.15, 0.2) is 0 Å². The van der Waals surface area contributed by atoms with Gasteiger partial charge in [-0.3, -0.25) is 4.90 Å². The second kappa shape index (κ2) is 5.83. The van der Waals surface area contributed by atoms with E-state index >= 15 is 0 Å². The Morgan fingerprint density at radius 1 is 1.47 bits per heavy atom. The standard InChI is InChI=1S/C12H26N2O/c1-5-11-8-14(7-6-12(11)13)9(2)10(3)15-4/h9-12H,5-8,13H2,1-4H3. The summed E-state index contributed by atoms with van der Waals surface area (Å²) < 4.78 is 5.39. The minimum Gasteiger partial charge on any atom is -0.380 e. The lowest BCUT2D eigenvalue weighted by Gasteiger charge is -2.41. The van der Waals surface area contributed by atoms with Crippen LogP contribution < -0.4 is 5.73 Å². The molecule has 0 amide bonds. The molecule has 0 radical (unpaired) electrons. The molecule has 15 heavy (non-hydrogen) atoms. The molecular weight excluding hydrogens is 188 g/mol. The minimum atomic E-state index is 0.303. The number of nitrogens with two attached hydrogens (primary N) is 1. The monoisotopic (exact) mass is 214 g/mol. The van der Waals surface area contributed by atoms with Gasteiger partial charge in [-0.2, -0.15) is 0 Å². The van der Waals surface area contributed by atoms with Gasteiger partial charge >= 0.3 is 0 Å². The first-order valence-electron chi connectivity index (χ1n) is 6.12. The number of hydrogen-bond acceptors (Lipinski definition) is 3. The van der Waals surface area contributed by atoms with E-state index in [1.165, 1.54) is 6.42 Å². The highest BCUT2D eigenvalue weighted by Gasteiger charge is 2.29. The Hall–Kier alpha value is -0.120. The maximum Gasteiger partial charge on any atom is 0.0695 e. The molecule has 4 atom stereocenters. The van der Waals surface area contributed by atoms with Gasteiger partial charge in [0.2, 0.25) is 0 Å². The average molecular weight is 214 g/mol. The summed E-state index contributed by atoms with van der Waals surface area (Å²) in [7, 11) is 1.79. The highest BCUT2D eigenvalue weighted by Crippen LogP contribution is 2.21. The first kappa shape index (κ1) is 12.9. The molecular formula is C12H26N2O. The highest BCUT2D eigenvalue weighted by atomic mass is 16.5. The zero-order valence-corrected chi connectivity index (χ0v) is 10.6. The van der Waals surface area contributed by atoms with E-state index in [-0.39, 0.29) is 0 Å². The Morgan fingerprint density at radius 3 is 2.67 bits per heavy atom. The Balaban J connectivity index is 2.50. The molecule has 0 saturated carbocycles. The van der Waals surface area contributed by atoms with E-state index in [1.807, 2.05) is 0 Å². The van der Waals surface area contributed by atoms with Crippen LogP contribution >= 0.6 is 0 Å². The van der Waals surface area contributed by atoms with Gasteiger partial charge in [0.25, 0.3) is 0 Å². The van der Waals surface area contributed by atoms with Gasteiger partial charge in [0.1, 0.15) is 0 Å². The number of likely N-dealkylation sites (tertiary alicyclic amines) is 1. The Labute approximate surface area is 94.0 Å². The van der Waals surface area contributed by atoms with Crippen molar-refractivity contribution in [1.82, 2.24) is 4.90 Å². The summed E-state index contributed by atoms with van der Waals surface area (Å²) in [4.78, 5) is 2.52.